The number of hydrogen-bond donors (Lipinski definition) is 4. The SMILES string of the molecule is CCCCCCC.CCNC(C)=O.CCn1nc(-c2cccc(Cl)c2Cl)cc1N1CCN(C=O)C(C)C1.N=C(N)N. The summed E-state index contributed by atoms with van der Waals surface area (Å²) < 4.78 is 1.97. The summed E-state index contributed by atoms with van der Waals surface area (Å²) in [6, 6.07) is 7.79. The fourth-order valence-electron chi connectivity index (χ4n) is 3.99. The lowest BCUT2D eigenvalue weighted by molar-refractivity contribution is -0.120. The van der Waals surface area contributed by atoms with E-state index in [1.165, 1.54) is 39.0 Å². The van der Waals surface area contributed by atoms with E-state index in [0.717, 1.165) is 49.7 Å². The van der Waals surface area contributed by atoms with Gasteiger partial charge in [0, 0.05) is 57.3 Å². The normalized spacial score (nSPS) is 13.9. The van der Waals surface area contributed by atoms with Gasteiger partial charge in [0.15, 0.2) is 5.96 Å². The molecule has 0 bridgehead atoms. The monoisotopic (exact) mass is 612 g/mol. The number of nitrogens with zero attached hydrogens (tertiary/aromatic N) is 4. The van der Waals surface area contributed by atoms with Crippen LogP contribution < -0.4 is 21.7 Å². The Bertz CT molecular complexity index is 1040. The van der Waals surface area contributed by atoms with Crippen molar-refractivity contribution in [1.29, 1.82) is 5.41 Å². The lowest BCUT2D eigenvalue weighted by Gasteiger charge is -2.38. The molecule has 1 atom stereocenters. The number of hydrogen-bond acceptors (Lipinski definition) is 5. The number of halogens is 2. The molecule has 12 heteroatoms. The lowest BCUT2D eigenvalue weighted by Crippen LogP contribution is -2.51. The number of benzene rings is 1. The second-order valence-electron chi connectivity index (χ2n) is 9.55. The molecule has 41 heavy (non-hydrogen) atoms. The zero-order valence-electron chi connectivity index (χ0n) is 25.6. The third-order valence-corrected chi connectivity index (χ3v) is 6.88. The van der Waals surface area contributed by atoms with Crippen molar-refractivity contribution in [2.45, 2.75) is 86.2 Å². The van der Waals surface area contributed by atoms with Gasteiger partial charge in [0.1, 0.15) is 5.82 Å². The van der Waals surface area contributed by atoms with Crippen LogP contribution in [0.15, 0.2) is 24.3 Å². The van der Waals surface area contributed by atoms with Gasteiger partial charge in [-0.2, -0.15) is 5.10 Å². The molecule has 1 saturated heterocycles. The number of nitrogens with two attached hydrogens (primary N) is 2. The Morgan fingerprint density at radius 2 is 1.73 bits per heavy atom. The van der Waals surface area contributed by atoms with Crippen LogP contribution >= 0.6 is 23.2 Å². The third-order valence-electron chi connectivity index (χ3n) is 6.06. The minimum Gasteiger partial charge on any atom is -0.370 e. The van der Waals surface area contributed by atoms with Gasteiger partial charge in [0.25, 0.3) is 0 Å². The Morgan fingerprint density at radius 1 is 1.12 bits per heavy atom. The molecule has 2 amide bonds. The largest absolute Gasteiger partial charge is 0.370 e. The van der Waals surface area contributed by atoms with Crippen LogP contribution in [0.5, 0.6) is 0 Å². The quantitative estimate of drug-likeness (QED) is 0.127. The number of aryl methyl sites for hydroxylation is 1. The molecule has 2 aromatic rings. The highest BCUT2D eigenvalue weighted by molar-refractivity contribution is 6.43. The van der Waals surface area contributed by atoms with E-state index in [0.29, 0.717) is 16.6 Å². The fourth-order valence-corrected chi connectivity index (χ4v) is 4.39. The summed E-state index contributed by atoms with van der Waals surface area (Å²) in [7, 11) is 0. The van der Waals surface area contributed by atoms with Gasteiger partial charge in [-0.25, -0.2) is 4.68 Å². The molecule has 0 radical (unpaired) electrons. The molecule has 1 aliphatic rings. The van der Waals surface area contributed by atoms with Gasteiger partial charge in [-0.05, 0) is 26.8 Å². The average Bonchev–Trinajstić information content (AvgIpc) is 3.35. The highest BCUT2D eigenvalue weighted by atomic mass is 35.5. The second-order valence-corrected chi connectivity index (χ2v) is 10.3. The van der Waals surface area contributed by atoms with Crippen LogP contribution in [0.3, 0.4) is 0 Å². The minimum atomic E-state index is -0.333. The van der Waals surface area contributed by atoms with Crippen molar-refractivity contribution >= 4 is 47.3 Å². The van der Waals surface area contributed by atoms with Gasteiger partial charge in [0.2, 0.25) is 12.3 Å². The molecule has 6 N–H and O–H groups in total. The first-order chi connectivity index (χ1) is 19.5. The van der Waals surface area contributed by atoms with E-state index in [4.69, 9.17) is 28.6 Å². The molecular weight excluding hydrogens is 563 g/mol. The van der Waals surface area contributed by atoms with E-state index in [2.05, 4.69) is 54.5 Å². The summed E-state index contributed by atoms with van der Waals surface area (Å²) in [5, 5.41) is 14.4. The van der Waals surface area contributed by atoms with Crippen LogP contribution in [0, 0.1) is 5.41 Å². The average molecular weight is 614 g/mol. The molecule has 2 heterocycles. The number of nitrogens with one attached hydrogen (secondary N) is 2. The summed E-state index contributed by atoms with van der Waals surface area (Å²) >= 11 is 12.5. The number of aromatic nitrogens is 2. The summed E-state index contributed by atoms with van der Waals surface area (Å²) in [4.78, 5) is 25.1. The van der Waals surface area contributed by atoms with E-state index in [9.17, 15) is 9.59 Å². The standard InChI is InChI=1S/C17H20Cl2N4O.C7H16.C4H9NO.CH5N3/c1-3-23-16(21-7-8-22(11-24)12(2)10-21)9-15(20-23)13-5-4-6-14(18)17(13)19;1-3-5-7-6-4-2;1-3-5-4(2)6;2-1(3)4/h4-6,9,11-12H,3,7-8,10H2,1-2H3;3-7H2,1-2H3;3H2,1-2H3,(H,5,6);(H5,2,3,4). The second kappa shape index (κ2) is 21.7. The Kier molecular flexibility index (Phi) is 20.1. The molecule has 0 aliphatic carbocycles. The summed E-state index contributed by atoms with van der Waals surface area (Å²) in [5.74, 6) is 0.749. The van der Waals surface area contributed by atoms with E-state index in [1.807, 2.05) is 34.7 Å². The number of carbonyl (C=O) groups is 2. The van der Waals surface area contributed by atoms with Crippen LogP contribution in [0.1, 0.15) is 73.6 Å². The Hall–Kier alpha value is -2.98. The summed E-state index contributed by atoms with van der Waals surface area (Å²) in [6.45, 7) is 15.8. The number of amides is 2. The maximum absolute atomic E-state index is 11.1. The van der Waals surface area contributed by atoms with Gasteiger partial charge < -0.3 is 26.6 Å². The first-order valence-corrected chi connectivity index (χ1v) is 15.0. The van der Waals surface area contributed by atoms with Crippen LogP contribution in [0.2, 0.25) is 10.0 Å². The van der Waals surface area contributed by atoms with E-state index >= 15 is 0 Å². The number of anilines is 1. The van der Waals surface area contributed by atoms with Gasteiger partial charge in [-0.3, -0.25) is 15.0 Å². The Labute approximate surface area is 256 Å². The molecular formula is C29H50Cl2N8O2. The molecule has 0 spiro atoms. The van der Waals surface area contributed by atoms with E-state index in [1.54, 1.807) is 6.07 Å². The van der Waals surface area contributed by atoms with Gasteiger partial charge in [-0.1, -0.05) is 81.3 Å². The number of unbranched alkanes of at least 4 members (excludes halogenated alkanes) is 4. The summed E-state index contributed by atoms with van der Waals surface area (Å²) in [6.07, 6.45) is 7.94. The lowest BCUT2D eigenvalue weighted by atomic mass is 10.1. The van der Waals surface area contributed by atoms with Gasteiger partial charge in [-0.15, -0.1) is 0 Å². The van der Waals surface area contributed by atoms with Crippen molar-refractivity contribution in [2.75, 3.05) is 31.1 Å². The maximum atomic E-state index is 11.1. The summed E-state index contributed by atoms with van der Waals surface area (Å²) in [5.41, 5.74) is 10.6. The first kappa shape index (κ1) is 38.0. The minimum absolute atomic E-state index is 0.0394. The van der Waals surface area contributed by atoms with Crippen molar-refractivity contribution < 1.29 is 9.59 Å². The molecule has 1 aromatic carbocycles. The molecule has 3 rings (SSSR count). The smallest absolute Gasteiger partial charge is 0.216 e. The Balaban J connectivity index is 0.000000772. The fraction of sp³-hybridized carbons (Fsp3) is 0.586. The number of piperazine rings is 1. The highest BCUT2D eigenvalue weighted by Crippen LogP contribution is 2.34. The molecule has 1 fully saturated rings. The number of rotatable bonds is 9. The highest BCUT2D eigenvalue weighted by Gasteiger charge is 2.25. The Morgan fingerprint density at radius 3 is 2.17 bits per heavy atom. The van der Waals surface area contributed by atoms with Crippen LogP contribution in [-0.2, 0) is 16.1 Å². The zero-order valence-corrected chi connectivity index (χ0v) is 27.1. The molecule has 0 saturated carbocycles. The third kappa shape index (κ3) is 15.0. The molecule has 232 valence electrons. The van der Waals surface area contributed by atoms with Gasteiger partial charge in [0.05, 0.1) is 15.7 Å². The van der Waals surface area contributed by atoms with E-state index in [-0.39, 0.29) is 17.9 Å². The maximum Gasteiger partial charge on any atom is 0.216 e. The molecule has 1 aromatic heterocycles. The van der Waals surface area contributed by atoms with Crippen molar-refractivity contribution in [2.24, 2.45) is 11.5 Å². The molecule has 10 nitrogen and oxygen atoms in total. The zero-order chi connectivity index (χ0) is 31.4. The number of guanidine groups is 1. The van der Waals surface area contributed by atoms with Crippen LogP contribution in [0.4, 0.5) is 5.82 Å². The van der Waals surface area contributed by atoms with Crippen molar-refractivity contribution in [3.05, 3.63) is 34.3 Å². The molecule has 1 unspecified atom stereocenters. The number of carbonyl (C=O) groups excluding carboxylic acids is 2. The van der Waals surface area contributed by atoms with Crippen LogP contribution in [0.25, 0.3) is 11.3 Å². The van der Waals surface area contributed by atoms with Gasteiger partial charge >= 0.3 is 0 Å². The van der Waals surface area contributed by atoms with Crippen molar-refractivity contribution in [3.63, 3.8) is 0 Å². The van der Waals surface area contributed by atoms with Crippen molar-refractivity contribution in [3.8, 4) is 11.3 Å². The van der Waals surface area contributed by atoms with Crippen LogP contribution in [-0.4, -0.2) is 65.2 Å². The predicted molar refractivity (Wildman–Crippen MR) is 173 cm³/mol. The topological polar surface area (TPSA) is 146 Å². The van der Waals surface area contributed by atoms with E-state index < -0.39 is 0 Å². The first-order valence-electron chi connectivity index (χ1n) is 14.3. The van der Waals surface area contributed by atoms with Crippen molar-refractivity contribution in [1.82, 2.24) is 20.0 Å². The predicted octanol–water partition coefficient (Wildman–Crippen LogP) is 5.50. The molecule has 1 aliphatic heterocycles.